The predicted molar refractivity (Wildman–Crippen MR) is 91.0 cm³/mol. The van der Waals surface area contributed by atoms with E-state index in [0.717, 1.165) is 11.1 Å². The smallest absolute Gasteiger partial charge is 0.411 e. The summed E-state index contributed by atoms with van der Waals surface area (Å²) in [5.41, 5.74) is 1.37. The Morgan fingerprint density at radius 2 is 1.26 bits per heavy atom. The summed E-state index contributed by atoms with van der Waals surface area (Å²) in [7, 11) is -4.03. The van der Waals surface area contributed by atoms with Crippen molar-refractivity contribution in [1.82, 2.24) is 0 Å². The first-order valence-electron chi connectivity index (χ1n) is 7.23. The largest absolute Gasteiger partial charge is 0.502 e. The number of allylic oxidation sites excluding steroid dienone is 2. The zero-order valence-electron chi connectivity index (χ0n) is 13.4. The molecule has 0 fully saturated rings. The number of carbonyl (C=O) groups is 1. The van der Waals surface area contributed by atoms with E-state index in [0.29, 0.717) is 11.5 Å². The van der Waals surface area contributed by atoms with Gasteiger partial charge in [-0.15, -0.1) is 0 Å². The van der Waals surface area contributed by atoms with E-state index in [1.165, 1.54) is 12.2 Å². The average Bonchev–Trinajstić information content (AvgIpc) is 2.52. The molecule has 2 aromatic rings. The lowest BCUT2D eigenvalue weighted by atomic mass is 10.2. The third kappa shape index (κ3) is 4.57. The van der Waals surface area contributed by atoms with Gasteiger partial charge in [-0.25, -0.2) is 4.57 Å². The van der Waals surface area contributed by atoms with Gasteiger partial charge in [0.15, 0.2) is 0 Å². The Kier molecular flexibility index (Phi) is 5.41. The molecule has 0 aromatic heterocycles. The lowest BCUT2D eigenvalue weighted by Gasteiger charge is -2.17. The molecule has 5 heteroatoms. The highest BCUT2D eigenvalue weighted by Gasteiger charge is 2.36. The first-order valence-corrected chi connectivity index (χ1v) is 8.77. The third-order valence-corrected chi connectivity index (χ3v) is 4.66. The second-order valence-corrected chi connectivity index (χ2v) is 6.95. The van der Waals surface area contributed by atoms with Crippen molar-refractivity contribution < 1.29 is 18.4 Å². The van der Waals surface area contributed by atoms with Crippen molar-refractivity contribution in [2.24, 2.45) is 0 Å². The van der Waals surface area contributed by atoms with Gasteiger partial charge in [0.1, 0.15) is 11.5 Å². The second-order valence-electron chi connectivity index (χ2n) is 5.14. The van der Waals surface area contributed by atoms with Crippen LogP contribution in [0.3, 0.4) is 0 Å². The highest BCUT2D eigenvalue weighted by molar-refractivity contribution is 7.73. The number of hydrogen-bond donors (Lipinski definition) is 0. The minimum Gasteiger partial charge on any atom is -0.411 e. The van der Waals surface area contributed by atoms with Crippen molar-refractivity contribution in [2.45, 2.75) is 20.8 Å². The molecule has 120 valence electrons. The molecule has 0 aliphatic carbocycles. The third-order valence-electron chi connectivity index (χ3n) is 3.07. The van der Waals surface area contributed by atoms with Crippen molar-refractivity contribution >= 4 is 13.1 Å². The van der Waals surface area contributed by atoms with Crippen molar-refractivity contribution in [3.05, 3.63) is 71.8 Å². The molecule has 0 saturated heterocycles. The van der Waals surface area contributed by atoms with Crippen LogP contribution in [0.15, 0.2) is 60.7 Å². The molecule has 0 atom stereocenters. The summed E-state index contributed by atoms with van der Waals surface area (Å²) < 4.78 is 23.8. The van der Waals surface area contributed by atoms with Gasteiger partial charge >= 0.3 is 7.60 Å². The van der Waals surface area contributed by atoms with E-state index in [1.807, 2.05) is 38.1 Å². The fourth-order valence-electron chi connectivity index (χ4n) is 1.82. The second kappa shape index (κ2) is 7.30. The van der Waals surface area contributed by atoms with Gasteiger partial charge in [-0.05, 0) is 51.1 Å². The van der Waals surface area contributed by atoms with Crippen LogP contribution in [0.5, 0.6) is 11.5 Å². The summed E-state index contributed by atoms with van der Waals surface area (Å²) in [6.07, 6.45) is 2.70. The maximum absolute atomic E-state index is 13.0. The normalized spacial score (nSPS) is 11.4. The fraction of sp³-hybridized carbons (Fsp3) is 0.167. The van der Waals surface area contributed by atoms with E-state index in [4.69, 9.17) is 9.05 Å². The molecule has 0 aliphatic heterocycles. The Balaban J connectivity index is 2.31. The first kappa shape index (κ1) is 17.0. The lowest BCUT2D eigenvalue weighted by Crippen LogP contribution is -2.09. The predicted octanol–water partition coefficient (Wildman–Crippen LogP) is 5.06. The highest BCUT2D eigenvalue weighted by atomic mass is 31.2. The summed E-state index contributed by atoms with van der Waals surface area (Å²) >= 11 is 0. The molecule has 0 saturated carbocycles. The van der Waals surface area contributed by atoms with Crippen molar-refractivity contribution in [3.8, 4) is 11.5 Å². The summed E-state index contributed by atoms with van der Waals surface area (Å²) in [5.74, 6) is 0.646. The zero-order valence-corrected chi connectivity index (χ0v) is 14.2. The number of hydrogen-bond acceptors (Lipinski definition) is 4. The van der Waals surface area contributed by atoms with Crippen molar-refractivity contribution in [1.29, 1.82) is 0 Å². The van der Waals surface area contributed by atoms with E-state index < -0.39 is 13.1 Å². The van der Waals surface area contributed by atoms with Crippen LogP contribution in [-0.2, 0) is 9.36 Å². The number of carbonyl (C=O) groups excluding carboxylic acids is 1. The average molecular weight is 330 g/mol. The van der Waals surface area contributed by atoms with Gasteiger partial charge in [0, 0.05) is 0 Å². The zero-order chi connectivity index (χ0) is 16.9. The maximum atomic E-state index is 13.0. The van der Waals surface area contributed by atoms with E-state index >= 15 is 0 Å². The summed E-state index contributed by atoms with van der Waals surface area (Å²) in [6, 6.07) is 13.9. The molecule has 0 N–H and O–H groups in total. The molecule has 0 spiro atoms. The molecule has 23 heavy (non-hydrogen) atoms. The van der Waals surface area contributed by atoms with Gasteiger partial charge in [0.25, 0.3) is 5.52 Å². The van der Waals surface area contributed by atoms with Crippen LogP contribution < -0.4 is 9.05 Å². The monoisotopic (exact) mass is 330 g/mol. The SMILES string of the molecule is CC=CC(=O)P(=O)(Oc1ccc(C)cc1)Oc1ccc(C)cc1. The Bertz CT molecular complexity index is 694. The highest BCUT2D eigenvalue weighted by Crippen LogP contribution is 2.49. The molecule has 0 heterocycles. The molecule has 2 aromatic carbocycles. The molecular formula is C18H19O4P. The topological polar surface area (TPSA) is 52.6 Å². The van der Waals surface area contributed by atoms with Gasteiger partial charge in [0.2, 0.25) is 0 Å². The van der Waals surface area contributed by atoms with Crippen LogP contribution in [-0.4, -0.2) is 5.52 Å². The molecule has 0 radical (unpaired) electrons. The van der Waals surface area contributed by atoms with Crippen LogP contribution in [0.25, 0.3) is 0 Å². The van der Waals surface area contributed by atoms with Gasteiger partial charge < -0.3 is 9.05 Å². The molecule has 2 rings (SSSR count). The number of aryl methyl sites for hydroxylation is 2. The van der Waals surface area contributed by atoms with Crippen LogP contribution in [0.4, 0.5) is 0 Å². The van der Waals surface area contributed by atoms with Crippen molar-refractivity contribution in [2.75, 3.05) is 0 Å². The fourth-order valence-corrected chi connectivity index (χ4v) is 3.17. The summed E-state index contributed by atoms with van der Waals surface area (Å²) in [4.78, 5) is 12.2. The molecule has 0 bridgehead atoms. The van der Waals surface area contributed by atoms with E-state index in [2.05, 4.69) is 0 Å². The van der Waals surface area contributed by atoms with E-state index in [-0.39, 0.29) is 0 Å². The molecule has 4 nitrogen and oxygen atoms in total. The molecule has 0 aliphatic rings. The summed E-state index contributed by atoms with van der Waals surface area (Å²) in [6.45, 7) is 5.52. The minimum absolute atomic E-state index is 0.323. The van der Waals surface area contributed by atoms with E-state index in [1.54, 1.807) is 31.2 Å². The Morgan fingerprint density at radius 3 is 1.61 bits per heavy atom. The van der Waals surface area contributed by atoms with Gasteiger partial charge in [0.05, 0.1) is 0 Å². The Hall–Kier alpha value is -2.32. The first-order chi connectivity index (χ1) is 10.9. The van der Waals surface area contributed by atoms with Crippen LogP contribution >= 0.6 is 7.60 Å². The van der Waals surface area contributed by atoms with Crippen LogP contribution in [0.2, 0.25) is 0 Å². The van der Waals surface area contributed by atoms with Crippen LogP contribution in [0.1, 0.15) is 18.1 Å². The lowest BCUT2D eigenvalue weighted by molar-refractivity contribution is -0.109. The number of benzene rings is 2. The van der Waals surface area contributed by atoms with Crippen LogP contribution in [0, 0.1) is 13.8 Å². The molecular weight excluding hydrogens is 311 g/mol. The summed E-state index contributed by atoms with van der Waals surface area (Å²) in [5, 5.41) is 0. The number of rotatable bonds is 6. The molecule has 0 unspecified atom stereocenters. The quantitative estimate of drug-likeness (QED) is 0.549. The van der Waals surface area contributed by atoms with Gasteiger partial charge in [-0.2, -0.15) is 0 Å². The maximum Gasteiger partial charge on any atom is 0.502 e. The molecule has 0 amide bonds. The van der Waals surface area contributed by atoms with Gasteiger partial charge in [-0.1, -0.05) is 41.5 Å². The Labute approximate surface area is 136 Å². The Morgan fingerprint density at radius 1 is 0.870 bits per heavy atom. The standard InChI is InChI=1S/C18H19O4P/c1-4-5-18(19)23(20,21-16-10-6-14(2)7-11-16)22-17-12-8-15(3)9-13-17/h4-13H,1-3H3. The van der Waals surface area contributed by atoms with Gasteiger partial charge in [-0.3, -0.25) is 4.79 Å². The van der Waals surface area contributed by atoms with E-state index in [9.17, 15) is 9.36 Å². The minimum atomic E-state index is -4.03. The van der Waals surface area contributed by atoms with Crippen molar-refractivity contribution in [3.63, 3.8) is 0 Å².